The number of nitrogens with one attached hydrogen (secondary N) is 1. The summed E-state index contributed by atoms with van der Waals surface area (Å²) in [7, 11) is 0. The van der Waals surface area contributed by atoms with E-state index in [4.69, 9.17) is 16.5 Å². The van der Waals surface area contributed by atoms with E-state index in [1.54, 1.807) is 30.1 Å². The zero-order valence-corrected chi connectivity index (χ0v) is 18.5. The summed E-state index contributed by atoms with van der Waals surface area (Å²) < 4.78 is 14.6. The molecule has 2 aromatic rings. The van der Waals surface area contributed by atoms with E-state index >= 15 is 0 Å². The lowest BCUT2D eigenvalue weighted by Gasteiger charge is -2.44. The molecule has 5 N–H and O–H groups in total. The van der Waals surface area contributed by atoms with Crippen molar-refractivity contribution in [1.29, 1.82) is 0 Å². The Kier molecular flexibility index (Phi) is 6.19. The van der Waals surface area contributed by atoms with Crippen LogP contribution in [0.2, 0.25) is 0 Å². The third-order valence-electron chi connectivity index (χ3n) is 5.38. The van der Waals surface area contributed by atoms with Crippen molar-refractivity contribution in [3.63, 3.8) is 0 Å². The molecule has 3 rings (SSSR count). The van der Waals surface area contributed by atoms with Crippen molar-refractivity contribution in [2.24, 2.45) is 16.5 Å². The minimum absolute atomic E-state index is 0.0657. The number of thioether (sulfide) groups is 1. The number of halogens is 1. The Bertz CT molecular complexity index is 976. The van der Waals surface area contributed by atoms with Gasteiger partial charge < -0.3 is 16.8 Å². The lowest BCUT2D eigenvalue weighted by Crippen LogP contribution is -2.49. The fourth-order valence-electron chi connectivity index (χ4n) is 3.50. The number of carbonyl (C=O) groups is 1. The normalized spacial score (nSPS) is 23.0. The fraction of sp³-hybridized carbons (Fsp3) is 0.409. The smallest absolute Gasteiger partial charge is 0.274 e. The molecule has 1 aromatic heterocycles. The van der Waals surface area contributed by atoms with Gasteiger partial charge in [-0.3, -0.25) is 14.8 Å². The highest BCUT2D eigenvalue weighted by Crippen LogP contribution is 2.48. The summed E-state index contributed by atoms with van der Waals surface area (Å²) in [4.78, 5) is 21.4. The zero-order valence-electron chi connectivity index (χ0n) is 17.7. The van der Waals surface area contributed by atoms with E-state index in [0.29, 0.717) is 30.1 Å². The molecule has 0 radical (unpaired) electrons. The average molecular weight is 430 g/mol. The van der Waals surface area contributed by atoms with Gasteiger partial charge in [-0.25, -0.2) is 4.39 Å². The maximum atomic E-state index is 15.0. The summed E-state index contributed by atoms with van der Waals surface area (Å²) in [6.07, 6.45) is 2.28. The van der Waals surface area contributed by atoms with Gasteiger partial charge in [0, 0.05) is 22.7 Å². The number of nitrogens with zero attached hydrogens (tertiary/aromatic N) is 2. The molecule has 1 aliphatic rings. The molecule has 1 aliphatic heterocycles. The maximum absolute atomic E-state index is 15.0. The van der Waals surface area contributed by atoms with Crippen LogP contribution in [0.5, 0.6) is 0 Å². The Labute approximate surface area is 180 Å². The van der Waals surface area contributed by atoms with Gasteiger partial charge in [-0.1, -0.05) is 6.07 Å². The summed E-state index contributed by atoms with van der Waals surface area (Å²) >= 11 is 1.65. The SMILES string of the molecule is Cc1ccc(C(=O)Nc2ccc(F)c([C@@]3(C)N=C(N)C(C)(C)SC3CCN)c2)nc1. The fourth-order valence-corrected chi connectivity index (χ4v) is 5.04. The Hall–Kier alpha value is -2.45. The van der Waals surface area contributed by atoms with Gasteiger partial charge >= 0.3 is 0 Å². The molecular weight excluding hydrogens is 401 g/mol. The zero-order chi connectivity index (χ0) is 22.1. The summed E-state index contributed by atoms with van der Waals surface area (Å²) in [6, 6.07) is 7.96. The van der Waals surface area contributed by atoms with Crippen molar-refractivity contribution in [3.05, 3.63) is 59.2 Å². The molecule has 160 valence electrons. The number of anilines is 1. The van der Waals surface area contributed by atoms with Gasteiger partial charge in [0.25, 0.3) is 5.91 Å². The van der Waals surface area contributed by atoms with E-state index in [0.717, 1.165) is 5.56 Å². The molecule has 0 aliphatic carbocycles. The van der Waals surface area contributed by atoms with Gasteiger partial charge in [0.1, 0.15) is 17.3 Å². The number of aryl methyl sites for hydroxylation is 1. The predicted octanol–water partition coefficient (Wildman–Crippen LogP) is 3.60. The average Bonchev–Trinajstić information content (AvgIpc) is 2.68. The number of hydrogen-bond acceptors (Lipinski definition) is 6. The van der Waals surface area contributed by atoms with Crippen molar-refractivity contribution in [2.75, 3.05) is 11.9 Å². The van der Waals surface area contributed by atoms with Crippen molar-refractivity contribution in [2.45, 2.75) is 49.7 Å². The molecule has 0 fully saturated rings. The summed E-state index contributed by atoms with van der Waals surface area (Å²) in [5, 5.41) is 2.73. The summed E-state index contributed by atoms with van der Waals surface area (Å²) in [6.45, 7) is 8.22. The number of aliphatic imine (C=N–C) groups is 1. The maximum Gasteiger partial charge on any atom is 0.274 e. The van der Waals surface area contributed by atoms with E-state index in [-0.39, 0.29) is 21.6 Å². The van der Waals surface area contributed by atoms with Gasteiger partial charge in [0.05, 0.1) is 10.3 Å². The third kappa shape index (κ3) is 4.34. The largest absolute Gasteiger partial charge is 0.386 e. The monoisotopic (exact) mass is 429 g/mol. The van der Waals surface area contributed by atoms with Crippen LogP contribution < -0.4 is 16.8 Å². The Balaban J connectivity index is 1.98. The second-order valence-electron chi connectivity index (χ2n) is 8.21. The molecule has 1 aromatic carbocycles. The number of aromatic nitrogens is 1. The number of hydrogen-bond donors (Lipinski definition) is 3. The van der Waals surface area contributed by atoms with Crippen LogP contribution in [0.15, 0.2) is 41.5 Å². The molecule has 1 amide bonds. The summed E-state index contributed by atoms with van der Waals surface area (Å²) in [5.74, 6) is -0.304. The lowest BCUT2D eigenvalue weighted by molar-refractivity contribution is 0.102. The van der Waals surface area contributed by atoms with Crippen LogP contribution in [0, 0.1) is 12.7 Å². The third-order valence-corrected chi connectivity index (χ3v) is 7.15. The van der Waals surface area contributed by atoms with Crippen LogP contribution in [0.4, 0.5) is 10.1 Å². The van der Waals surface area contributed by atoms with Gasteiger partial charge in [0.2, 0.25) is 0 Å². The highest BCUT2D eigenvalue weighted by atomic mass is 32.2. The number of amides is 1. The van der Waals surface area contributed by atoms with Crippen LogP contribution in [-0.4, -0.2) is 33.3 Å². The highest BCUT2D eigenvalue weighted by molar-refractivity contribution is 8.02. The number of carbonyl (C=O) groups excluding carboxylic acids is 1. The number of amidine groups is 1. The van der Waals surface area contributed by atoms with Crippen LogP contribution in [0.1, 0.15) is 48.8 Å². The van der Waals surface area contributed by atoms with Gasteiger partial charge in [-0.05, 0) is 70.5 Å². The number of rotatable bonds is 5. The van der Waals surface area contributed by atoms with Crippen molar-refractivity contribution >= 4 is 29.2 Å². The van der Waals surface area contributed by atoms with Crippen LogP contribution in [-0.2, 0) is 5.54 Å². The van der Waals surface area contributed by atoms with E-state index in [9.17, 15) is 9.18 Å². The number of nitrogens with two attached hydrogens (primary N) is 2. The van der Waals surface area contributed by atoms with Crippen LogP contribution in [0.3, 0.4) is 0 Å². The number of pyridine rings is 1. The molecule has 2 heterocycles. The highest BCUT2D eigenvalue weighted by Gasteiger charge is 2.46. The standard InChI is InChI=1S/C22H28FN5OS/c1-13-5-8-17(26-12-13)19(29)27-14-6-7-16(23)15(11-14)22(4)18(9-10-24)30-21(2,3)20(25)28-22/h5-8,11-12,18H,9-10,24H2,1-4H3,(H2,25,28)(H,27,29)/t18?,22-/m1/s1. The summed E-state index contributed by atoms with van der Waals surface area (Å²) in [5.41, 5.74) is 13.3. The topological polar surface area (TPSA) is 106 Å². The van der Waals surface area contributed by atoms with Gasteiger partial charge in [-0.2, -0.15) is 0 Å². The molecular formula is C22H28FN5OS. The van der Waals surface area contributed by atoms with Crippen LogP contribution in [0.25, 0.3) is 0 Å². The molecule has 6 nitrogen and oxygen atoms in total. The van der Waals surface area contributed by atoms with E-state index in [2.05, 4.69) is 10.3 Å². The Morgan fingerprint density at radius 3 is 2.63 bits per heavy atom. The Morgan fingerprint density at radius 2 is 2.00 bits per heavy atom. The first-order valence-corrected chi connectivity index (χ1v) is 10.7. The second-order valence-corrected chi connectivity index (χ2v) is 10.0. The molecule has 0 saturated heterocycles. The van der Waals surface area contributed by atoms with E-state index in [1.165, 1.54) is 12.1 Å². The lowest BCUT2D eigenvalue weighted by atomic mass is 9.85. The second kappa shape index (κ2) is 8.35. The van der Waals surface area contributed by atoms with Gasteiger partial charge in [0.15, 0.2) is 0 Å². The van der Waals surface area contributed by atoms with Crippen molar-refractivity contribution in [1.82, 2.24) is 4.98 Å². The molecule has 2 atom stereocenters. The predicted molar refractivity (Wildman–Crippen MR) is 121 cm³/mol. The van der Waals surface area contributed by atoms with Crippen LogP contribution >= 0.6 is 11.8 Å². The molecule has 0 saturated carbocycles. The molecule has 8 heteroatoms. The first-order valence-electron chi connectivity index (χ1n) is 9.84. The first kappa shape index (κ1) is 22.2. The van der Waals surface area contributed by atoms with Crippen molar-refractivity contribution < 1.29 is 9.18 Å². The minimum Gasteiger partial charge on any atom is -0.386 e. The first-order chi connectivity index (χ1) is 14.1. The minimum atomic E-state index is -0.906. The molecule has 30 heavy (non-hydrogen) atoms. The molecule has 0 spiro atoms. The quantitative estimate of drug-likeness (QED) is 0.673. The van der Waals surface area contributed by atoms with E-state index in [1.807, 2.05) is 33.8 Å². The van der Waals surface area contributed by atoms with Gasteiger partial charge in [-0.15, -0.1) is 11.8 Å². The number of benzene rings is 1. The molecule has 0 bridgehead atoms. The Morgan fingerprint density at radius 1 is 1.27 bits per heavy atom. The van der Waals surface area contributed by atoms with E-state index < -0.39 is 11.4 Å². The van der Waals surface area contributed by atoms with Crippen molar-refractivity contribution in [3.8, 4) is 0 Å². The molecule has 1 unspecified atom stereocenters.